The average Bonchev–Trinajstić information content (AvgIpc) is 2.89. The van der Waals surface area contributed by atoms with Crippen LogP contribution in [-0.2, 0) is 6.54 Å². The third-order valence-corrected chi connectivity index (χ3v) is 4.52. The molecule has 116 valence electrons. The van der Waals surface area contributed by atoms with Gasteiger partial charge in [-0.15, -0.1) is 0 Å². The third kappa shape index (κ3) is 3.03. The minimum Gasteiger partial charge on any atom is -1.00 e. The topological polar surface area (TPSA) is 19.7 Å². The zero-order chi connectivity index (χ0) is 15.1. The molecule has 2 aromatic carbocycles. The molecule has 0 unspecified atom stereocenters. The summed E-state index contributed by atoms with van der Waals surface area (Å²) in [6.45, 7) is 0.715. The van der Waals surface area contributed by atoms with E-state index >= 15 is 0 Å². The van der Waals surface area contributed by atoms with E-state index in [1.165, 1.54) is 22.9 Å². The van der Waals surface area contributed by atoms with Crippen molar-refractivity contribution in [2.24, 2.45) is 0 Å². The summed E-state index contributed by atoms with van der Waals surface area (Å²) in [4.78, 5) is 3.45. The lowest BCUT2D eigenvalue weighted by atomic mass is 10.2. The molecular weight excluding hydrogens is 423 g/mol. The Balaban J connectivity index is 0.00000156. The number of pyridine rings is 1. The highest BCUT2D eigenvalue weighted by Gasteiger charge is 2.11. The highest BCUT2D eigenvalue weighted by atomic mass is 79.9. The maximum Gasteiger partial charge on any atom is 0.193 e. The predicted molar refractivity (Wildman–Crippen MR) is 89.2 cm³/mol. The van der Waals surface area contributed by atoms with Crippen LogP contribution in [0, 0.1) is 5.82 Å². The first-order valence-corrected chi connectivity index (χ1v) is 7.83. The first-order chi connectivity index (χ1) is 10.7. The Labute approximate surface area is 151 Å². The molecule has 0 bridgehead atoms. The Morgan fingerprint density at radius 3 is 2.57 bits per heavy atom. The van der Waals surface area contributed by atoms with Crippen LogP contribution < -0.4 is 21.5 Å². The normalized spacial score (nSPS) is 10.9. The van der Waals surface area contributed by atoms with Crippen LogP contribution in [0.1, 0.15) is 5.56 Å². The van der Waals surface area contributed by atoms with Gasteiger partial charge in [0.25, 0.3) is 0 Å². The Kier molecular flexibility index (Phi) is 4.50. The van der Waals surface area contributed by atoms with Crippen LogP contribution in [0.4, 0.5) is 4.39 Å². The molecule has 0 fully saturated rings. The summed E-state index contributed by atoms with van der Waals surface area (Å²) in [6, 6.07) is 14.9. The van der Waals surface area contributed by atoms with Gasteiger partial charge in [-0.1, -0.05) is 12.1 Å². The minimum absolute atomic E-state index is 0. The van der Waals surface area contributed by atoms with Crippen LogP contribution in [0.3, 0.4) is 0 Å². The molecule has 0 atom stereocenters. The number of hydrogen-bond donors (Lipinski definition) is 1. The monoisotopic (exact) mass is 434 g/mol. The Hall–Kier alpha value is -1.72. The second kappa shape index (κ2) is 6.42. The second-order valence-electron chi connectivity index (χ2n) is 5.36. The van der Waals surface area contributed by atoms with Gasteiger partial charge in [0.2, 0.25) is 0 Å². The SMILES string of the molecule is Fc1ccc(C[n+]2ccc3c(c2)[nH]c2c(Br)cccc23)cc1.[Br-]. The highest BCUT2D eigenvalue weighted by Crippen LogP contribution is 2.29. The van der Waals surface area contributed by atoms with Crippen molar-refractivity contribution in [3.05, 3.63) is 76.8 Å². The van der Waals surface area contributed by atoms with Crippen LogP contribution in [0.5, 0.6) is 0 Å². The Bertz CT molecular complexity index is 978. The van der Waals surface area contributed by atoms with Gasteiger partial charge in [-0.2, -0.15) is 4.57 Å². The van der Waals surface area contributed by atoms with E-state index in [1.54, 1.807) is 0 Å². The number of nitrogens with zero attached hydrogens (tertiary/aromatic N) is 1. The number of fused-ring (bicyclic) bond motifs is 3. The van der Waals surface area contributed by atoms with Crippen molar-refractivity contribution in [2.45, 2.75) is 6.54 Å². The summed E-state index contributed by atoms with van der Waals surface area (Å²) in [7, 11) is 0. The van der Waals surface area contributed by atoms with Gasteiger partial charge < -0.3 is 22.0 Å². The standard InChI is InChI=1S/C18H12BrFN2.BrH/c19-16-3-1-2-15-14-8-9-22(11-17(14)21-18(15)16)10-12-4-6-13(20)7-5-12;/h1-9,11H,10H2;1H. The van der Waals surface area contributed by atoms with E-state index < -0.39 is 0 Å². The molecule has 0 aliphatic heterocycles. The number of halogens is 3. The van der Waals surface area contributed by atoms with Gasteiger partial charge in [0.05, 0.1) is 5.52 Å². The van der Waals surface area contributed by atoms with Crippen molar-refractivity contribution >= 4 is 37.7 Å². The van der Waals surface area contributed by atoms with Gasteiger partial charge in [0, 0.05) is 26.9 Å². The molecule has 0 aliphatic rings. The van der Waals surface area contributed by atoms with Crippen LogP contribution in [0.2, 0.25) is 0 Å². The van der Waals surface area contributed by atoms with E-state index in [2.05, 4.69) is 50.0 Å². The number of aromatic amines is 1. The molecule has 1 N–H and O–H groups in total. The Morgan fingerprint density at radius 2 is 1.78 bits per heavy atom. The summed E-state index contributed by atoms with van der Waals surface area (Å²) in [5, 5.41) is 2.41. The van der Waals surface area contributed by atoms with Crippen molar-refractivity contribution in [1.29, 1.82) is 0 Å². The zero-order valence-corrected chi connectivity index (χ0v) is 15.2. The first-order valence-electron chi connectivity index (χ1n) is 7.04. The Morgan fingerprint density at radius 1 is 1.00 bits per heavy atom. The number of hydrogen-bond acceptors (Lipinski definition) is 0. The molecule has 2 heterocycles. The molecular formula is C18H13Br2FN2. The number of nitrogens with one attached hydrogen (secondary N) is 1. The van der Waals surface area contributed by atoms with Gasteiger partial charge >= 0.3 is 0 Å². The molecule has 0 radical (unpaired) electrons. The van der Waals surface area contributed by atoms with Gasteiger partial charge in [0.1, 0.15) is 11.3 Å². The second-order valence-corrected chi connectivity index (χ2v) is 6.21. The maximum atomic E-state index is 13.0. The van der Waals surface area contributed by atoms with Gasteiger partial charge in [-0.05, 0) is 46.3 Å². The largest absolute Gasteiger partial charge is 1.00 e. The lowest BCUT2D eigenvalue weighted by Crippen LogP contribution is -3.00. The van der Waals surface area contributed by atoms with Crippen molar-refractivity contribution in [2.75, 3.05) is 0 Å². The summed E-state index contributed by atoms with van der Waals surface area (Å²) >= 11 is 3.58. The van der Waals surface area contributed by atoms with Crippen molar-refractivity contribution in [3.8, 4) is 0 Å². The summed E-state index contributed by atoms with van der Waals surface area (Å²) < 4.78 is 16.1. The van der Waals surface area contributed by atoms with Crippen molar-refractivity contribution < 1.29 is 25.9 Å². The van der Waals surface area contributed by atoms with Crippen LogP contribution in [0.15, 0.2) is 65.4 Å². The third-order valence-electron chi connectivity index (χ3n) is 3.86. The molecule has 23 heavy (non-hydrogen) atoms. The van der Waals surface area contributed by atoms with E-state index in [1.807, 2.05) is 24.3 Å². The van der Waals surface area contributed by atoms with Crippen molar-refractivity contribution in [1.82, 2.24) is 4.98 Å². The zero-order valence-electron chi connectivity index (χ0n) is 12.1. The molecule has 4 rings (SSSR count). The fourth-order valence-corrected chi connectivity index (χ4v) is 3.25. The van der Waals surface area contributed by atoms with E-state index in [0.29, 0.717) is 6.54 Å². The number of benzene rings is 2. The fourth-order valence-electron chi connectivity index (χ4n) is 2.78. The van der Waals surface area contributed by atoms with E-state index in [9.17, 15) is 4.39 Å². The van der Waals surface area contributed by atoms with Gasteiger partial charge in [0.15, 0.2) is 18.9 Å². The lowest BCUT2D eigenvalue weighted by molar-refractivity contribution is -0.687. The summed E-state index contributed by atoms with van der Waals surface area (Å²) in [6.07, 6.45) is 4.14. The number of H-pyrrole nitrogens is 1. The molecule has 0 saturated carbocycles. The van der Waals surface area contributed by atoms with E-state index in [0.717, 1.165) is 21.1 Å². The minimum atomic E-state index is -0.204. The fraction of sp³-hybridized carbons (Fsp3) is 0.0556. The predicted octanol–water partition coefficient (Wildman–Crippen LogP) is 1.56. The average molecular weight is 436 g/mol. The molecule has 2 aromatic heterocycles. The van der Waals surface area contributed by atoms with Crippen molar-refractivity contribution in [3.63, 3.8) is 0 Å². The van der Waals surface area contributed by atoms with Crippen LogP contribution >= 0.6 is 15.9 Å². The van der Waals surface area contributed by atoms with Gasteiger partial charge in [-0.3, -0.25) is 0 Å². The van der Waals surface area contributed by atoms with E-state index in [-0.39, 0.29) is 22.8 Å². The number of aromatic nitrogens is 2. The number of rotatable bonds is 2. The molecule has 0 amide bonds. The quantitative estimate of drug-likeness (QED) is 0.461. The molecule has 0 spiro atoms. The van der Waals surface area contributed by atoms with Crippen LogP contribution in [-0.4, -0.2) is 4.98 Å². The molecule has 4 aromatic rings. The van der Waals surface area contributed by atoms with Crippen LogP contribution in [0.25, 0.3) is 21.8 Å². The summed E-state index contributed by atoms with van der Waals surface area (Å²) in [5.41, 5.74) is 3.27. The maximum absolute atomic E-state index is 13.0. The molecule has 2 nitrogen and oxygen atoms in total. The van der Waals surface area contributed by atoms with Gasteiger partial charge in [-0.25, -0.2) is 4.39 Å². The summed E-state index contributed by atoms with van der Waals surface area (Å²) in [5.74, 6) is -0.204. The molecule has 0 aliphatic carbocycles. The lowest BCUT2D eigenvalue weighted by Gasteiger charge is -1.98. The smallest absolute Gasteiger partial charge is 0.193 e. The first kappa shape index (κ1) is 16.1. The number of para-hydroxylation sites is 1. The van der Waals surface area contributed by atoms with E-state index in [4.69, 9.17) is 0 Å². The molecule has 0 saturated heterocycles. The highest BCUT2D eigenvalue weighted by molar-refractivity contribution is 9.10. The molecule has 5 heteroatoms.